The second-order valence-corrected chi connectivity index (χ2v) is 9.24. The van der Waals surface area contributed by atoms with Gasteiger partial charge < -0.3 is 36.9 Å². The summed E-state index contributed by atoms with van der Waals surface area (Å²) < 4.78 is 0. The maximum Gasteiger partial charge on any atom is 0.326 e. The minimum Gasteiger partial charge on any atom is -0.481 e. The van der Waals surface area contributed by atoms with Crippen LogP contribution in [-0.4, -0.2) is 81.0 Å². The summed E-state index contributed by atoms with van der Waals surface area (Å²) in [6.45, 7) is 1.47. The Labute approximate surface area is 211 Å². The number of nitrogens with one attached hydrogen (secondary N) is 4. The molecule has 0 bridgehead atoms. The van der Waals surface area contributed by atoms with Crippen LogP contribution in [-0.2, 0) is 30.4 Å². The number of carbonyl (C=O) groups excluding carboxylic acids is 3. The zero-order valence-electron chi connectivity index (χ0n) is 19.9. The first-order valence-electron chi connectivity index (χ1n) is 11.2. The van der Waals surface area contributed by atoms with Crippen molar-refractivity contribution in [1.29, 1.82) is 0 Å². The summed E-state index contributed by atoms with van der Waals surface area (Å²) >= 11 is 1.41. The van der Waals surface area contributed by atoms with Crippen LogP contribution in [0.25, 0.3) is 10.9 Å². The summed E-state index contributed by atoms with van der Waals surface area (Å²) in [6.07, 6.45) is 2.95. The lowest BCUT2D eigenvalue weighted by Gasteiger charge is -2.24. The number of fused-ring (bicyclic) bond motifs is 1. The van der Waals surface area contributed by atoms with Gasteiger partial charge in [-0.05, 0) is 37.0 Å². The fraction of sp³-hybridized carbons (Fsp3) is 0.435. The number of hydrogen-bond acceptors (Lipinski definition) is 7. The molecule has 0 spiro atoms. The third-order valence-electron chi connectivity index (χ3n) is 5.38. The molecule has 2 rings (SSSR count). The van der Waals surface area contributed by atoms with Crippen LogP contribution in [0.3, 0.4) is 0 Å². The number of rotatable bonds is 14. The van der Waals surface area contributed by atoms with E-state index in [2.05, 4.69) is 20.9 Å². The number of thioether (sulfide) groups is 1. The number of carboxylic acids is 2. The van der Waals surface area contributed by atoms with Crippen LogP contribution >= 0.6 is 11.8 Å². The van der Waals surface area contributed by atoms with Gasteiger partial charge in [-0.3, -0.25) is 19.2 Å². The van der Waals surface area contributed by atoms with Gasteiger partial charge in [-0.1, -0.05) is 18.2 Å². The summed E-state index contributed by atoms with van der Waals surface area (Å²) in [4.78, 5) is 63.9. The highest BCUT2D eigenvalue weighted by Crippen LogP contribution is 2.19. The quantitative estimate of drug-likeness (QED) is 0.176. The average Bonchev–Trinajstić information content (AvgIpc) is 3.22. The molecule has 0 aliphatic heterocycles. The molecular formula is C23H31N5O7S. The van der Waals surface area contributed by atoms with Gasteiger partial charge in [0.2, 0.25) is 17.7 Å². The van der Waals surface area contributed by atoms with E-state index in [-0.39, 0.29) is 12.8 Å². The number of H-pyrrole nitrogens is 1. The van der Waals surface area contributed by atoms with Gasteiger partial charge in [0.05, 0.1) is 12.5 Å². The maximum absolute atomic E-state index is 13.3. The van der Waals surface area contributed by atoms with Crippen molar-refractivity contribution >= 4 is 52.3 Å². The van der Waals surface area contributed by atoms with Crippen LogP contribution in [0, 0.1) is 0 Å². The molecule has 4 atom stereocenters. The molecule has 4 unspecified atom stereocenters. The molecule has 36 heavy (non-hydrogen) atoms. The third kappa shape index (κ3) is 8.27. The van der Waals surface area contributed by atoms with E-state index in [1.54, 1.807) is 12.5 Å². The Morgan fingerprint density at radius 3 is 2.19 bits per heavy atom. The molecule has 2 aromatic rings. The predicted octanol–water partition coefficient (Wildman–Crippen LogP) is -0.176. The molecule has 12 nitrogen and oxygen atoms in total. The lowest BCUT2D eigenvalue weighted by molar-refractivity contribution is -0.147. The summed E-state index contributed by atoms with van der Waals surface area (Å²) in [7, 11) is 0. The van der Waals surface area contributed by atoms with Gasteiger partial charge in [-0.25, -0.2) is 4.79 Å². The van der Waals surface area contributed by atoms with Gasteiger partial charge in [0.1, 0.15) is 18.1 Å². The molecule has 1 aromatic heterocycles. The topological polar surface area (TPSA) is 204 Å². The molecule has 0 aliphatic carbocycles. The minimum atomic E-state index is -1.66. The van der Waals surface area contributed by atoms with E-state index >= 15 is 0 Å². The maximum atomic E-state index is 13.3. The molecule has 1 aromatic carbocycles. The van der Waals surface area contributed by atoms with Crippen molar-refractivity contribution in [2.45, 2.75) is 50.4 Å². The molecule has 8 N–H and O–H groups in total. The van der Waals surface area contributed by atoms with Crippen molar-refractivity contribution in [3.8, 4) is 0 Å². The number of carboxylic acid groups (broad SMARTS) is 2. The molecule has 13 heteroatoms. The molecule has 196 valence electrons. The lowest BCUT2D eigenvalue weighted by atomic mass is 10.0. The van der Waals surface area contributed by atoms with Crippen molar-refractivity contribution in [2.24, 2.45) is 5.73 Å². The number of aliphatic carboxylic acids is 2. The zero-order valence-corrected chi connectivity index (χ0v) is 20.8. The Kier molecular flexibility index (Phi) is 10.7. The first-order valence-corrected chi connectivity index (χ1v) is 12.6. The highest BCUT2D eigenvalue weighted by atomic mass is 32.2. The molecule has 3 amide bonds. The van der Waals surface area contributed by atoms with Gasteiger partial charge in [-0.2, -0.15) is 11.8 Å². The van der Waals surface area contributed by atoms with Crippen molar-refractivity contribution in [2.75, 3.05) is 12.0 Å². The molecule has 0 saturated heterocycles. The monoisotopic (exact) mass is 521 g/mol. The Morgan fingerprint density at radius 1 is 0.972 bits per heavy atom. The predicted molar refractivity (Wildman–Crippen MR) is 134 cm³/mol. The Bertz CT molecular complexity index is 1100. The van der Waals surface area contributed by atoms with E-state index in [1.807, 2.05) is 24.3 Å². The Hall–Kier alpha value is -3.58. The largest absolute Gasteiger partial charge is 0.481 e. The van der Waals surface area contributed by atoms with Crippen molar-refractivity contribution < 1.29 is 34.2 Å². The smallest absolute Gasteiger partial charge is 0.326 e. The fourth-order valence-corrected chi connectivity index (χ4v) is 3.93. The average molecular weight is 522 g/mol. The molecule has 0 fully saturated rings. The number of aromatic amines is 1. The van der Waals surface area contributed by atoms with E-state index in [9.17, 15) is 29.1 Å². The fourth-order valence-electron chi connectivity index (χ4n) is 3.46. The summed E-state index contributed by atoms with van der Waals surface area (Å²) in [5.74, 6) is -4.52. The van der Waals surface area contributed by atoms with Crippen molar-refractivity contribution in [3.05, 3.63) is 36.0 Å². The molecular weight excluding hydrogens is 490 g/mol. The number of aromatic nitrogens is 1. The van der Waals surface area contributed by atoms with Crippen LogP contribution in [0.5, 0.6) is 0 Å². The molecule has 1 heterocycles. The molecule has 0 radical (unpaired) electrons. The normalized spacial score (nSPS) is 14.3. The molecule has 0 saturated carbocycles. The third-order valence-corrected chi connectivity index (χ3v) is 6.03. The summed E-state index contributed by atoms with van der Waals surface area (Å²) in [5, 5.41) is 26.4. The standard InChI is InChI=1S/C23H31N5O7S/c1-12(24)20(31)27-17(9-13-11-25-15-6-4-3-5-14(13)15)22(33)26-16(7-8-36-2)21(32)28-18(23(34)35)10-19(29)30/h3-6,11-12,16-18,25H,7-10,24H2,1-2H3,(H,26,33)(H,27,31)(H,28,32)(H,29,30)(H,34,35). The van der Waals surface area contributed by atoms with E-state index in [1.165, 1.54) is 18.7 Å². The van der Waals surface area contributed by atoms with Gasteiger partial charge in [0, 0.05) is 23.5 Å². The van der Waals surface area contributed by atoms with Gasteiger partial charge in [0.25, 0.3) is 0 Å². The van der Waals surface area contributed by atoms with Crippen LogP contribution in [0.15, 0.2) is 30.5 Å². The second kappa shape index (κ2) is 13.5. The number of amides is 3. The van der Waals surface area contributed by atoms with Gasteiger partial charge in [0.15, 0.2) is 0 Å². The van der Waals surface area contributed by atoms with E-state index in [0.29, 0.717) is 5.75 Å². The van der Waals surface area contributed by atoms with Crippen LogP contribution in [0.1, 0.15) is 25.3 Å². The minimum absolute atomic E-state index is 0.0991. The highest BCUT2D eigenvalue weighted by molar-refractivity contribution is 7.98. The lowest BCUT2D eigenvalue weighted by Crippen LogP contribution is -2.57. The van der Waals surface area contributed by atoms with Crippen LogP contribution in [0.2, 0.25) is 0 Å². The SMILES string of the molecule is CSCCC(NC(=O)C(Cc1c[nH]c2ccccc12)NC(=O)C(C)N)C(=O)NC(CC(=O)O)C(=O)O. The van der Waals surface area contributed by atoms with Crippen LogP contribution in [0.4, 0.5) is 0 Å². The summed E-state index contributed by atoms with van der Waals surface area (Å²) in [5.41, 5.74) is 7.27. The molecule has 0 aliphatic rings. The Morgan fingerprint density at radius 2 is 1.58 bits per heavy atom. The number of hydrogen-bond donors (Lipinski definition) is 7. The van der Waals surface area contributed by atoms with Crippen LogP contribution < -0.4 is 21.7 Å². The first-order chi connectivity index (χ1) is 17.0. The second-order valence-electron chi connectivity index (χ2n) is 8.25. The van der Waals surface area contributed by atoms with Crippen molar-refractivity contribution in [3.63, 3.8) is 0 Å². The number of benzene rings is 1. The van der Waals surface area contributed by atoms with E-state index in [0.717, 1.165) is 16.5 Å². The highest BCUT2D eigenvalue weighted by Gasteiger charge is 2.31. The zero-order chi connectivity index (χ0) is 26.8. The summed E-state index contributed by atoms with van der Waals surface area (Å²) in [6, 6.07) is 2.65. The number of nitrogens with two attached hydrogens (primary N) is 1. The van der Waals surface area contributed by atoms with Crippen molar-refractivity contribution in [1.82, 2.24) is 20.9 Å². The van der Waals surface area contributed by atoms with E-state index in [4.69, 9.17) is 10.8 Å². The van der Waals surface area contributed by atoms with E-state index < -0.39 is 60.2 Å². The number of carbonyl (C=O) groups is 5. The van der Waals surface area contributed by atoms with Gasteiger partial charge >= 0.3 is 11.9 Å². The first kappa shape index (κ1) is 28.7. The Balaban J connectivity index is 2.25. The van der Waals surface area contributed by atoms with Gasteiger partial charge in [-0.15, -0.1) is 0 Å². The number of para-hydroxylation sites is 1.